The Hall–Kier alpha value is -1.63. The van der Waals surface area contributed by atoms with Crippen LogP contribution in [0.4, 0.5) is 5.82 Å². The number of anilines is 1. The van der Waals surface area contributed by atoms with Gasteiger partial charge < -0.3 is 11.1 Å². The zero-order valence-electron chi connectivity index (χ0n) is 8.82. The maximum absolute atomic E-state index is 11.4. The van der Waals surface area contributed by atoms with Crippen molar-refractivity contribution >= 4 is 5.82 Å². The molecule has 0 spiro atoms. The Morgan fingerprint density at radius 2 is 2.06 bits per heavy atom. The summed E-state index contributed by atoms with van der Waals surface area (Å²) in [6.45, 7) is 0. The van der Waals surface area contributed by atoms with Gasteiger partial charge in [0.15, 0.2) is 0 Å². The van der Waals surface area contributed by atoms with E-state index in [2.05, 4.69) is 20.5 Å². The number of nitrogens with two attached hydrogens (primary N) is 1. The van der Waals surface area contributed by atoms with Crippen LogP contribution in [0.15, 0.2) is 9.59 Å². The maximum Gasteiger partial charge on any atom is 0.342 e. The monoisotopic (exact) mass is 225 g/mol. The first-order valence-corrected chi connectivity index (χ1v) is 5.38. The van der Waals surface area contributed by atoms with Crippen LogP contribution in [0, 0.1) is 0 Å². The van der Waals surface area contributed by atoms with Crippen LogP contribution in [0.5, 0.6) is 0 Å². The van der Waals surface area contributed by atoms with Crippen molar-refractivity contribution in [2.24, 2.45) is 5.73 Å². The number of rotatable bonds is 2. The van der Waals surface area contributed by atoms with Crippen molar-refractivity contribution in [1.29, 1.82) is 0 Å². The molecule has 7 nitrogen and oxygen atoms in total. The smallest absolute Gasteiger partial charge is 0.342 e. The summed E-state index contributed by atoms with van der Waals surface area (Å²) in [7, 11) is 0. The number of H-pyrrole nitrogens is 2. The van der Waals surface area contributed by atoms with Crippen LogP contribution in [0.2, 0.25) is 0 Å². The largest absolute Gasteiger partial charge is 0.360 e. The highest BCUT2D eigenvalue weighted by Gasteiger charge is 2.22. The minimum Gasteiger partial charge on any atom is -0.360 e. The Labute approximate surface area is 91.5 Å². The highest BCUT2D eigenvalue weighted by atomic mass is 16.2. The average Bonchev–Trinajstić information content (AvgIpc) is 2.25. The van der Waals surface area contributed by atoms with Crippen LogP contribution in [0.1, 0.15) is 25.7 Å². The van der Waals surface area contributed by atoms with Crippen LogP contribution in [0.25, 0.3) is 0 Å². The molecule has 1 heterocycles. The van der Waals surface area contributed by atoms with E-state index < -0.39 is 11.2 Å². The highest BCUT2D eigenvalue weighted by molar-refractivity contribution is 5.31. The lowest BCUT2D eigenvalue weighted by Crippen LogP contribution is -2.44. The molecular formula is C9H15N5O2. The normalized spacial score (nSPS) is 25.3. The molecule has 7 heteroatoms. The van der Waals surface area contributed by atoms with E-state index >= 15 is 0 Å². The van der Waals surface area contributed by atoms with Gasteiger partial charge in [0.1, 0.15) is 0 Å². The zero-order valence-corrected chi connectivity index (χ0v) is 8.82. The summed E-state index contributed by atoms with van der Waals surface area (Å²) in [5.41, 5.74) is 4.81. The maximum atomic E-state index is 11.4. The summed E-state index contributed by atoms with van der Waals surface area (Å²) < 4.78 is 0. The summed E-state index contributed by atoms with van der Waals surface area (Å²) in [6.07, 6.45) is 4.07. The number of hydrogen-bond donors (Lipinski definition) is 4. The molecule has 1 aromatic rings. The SMILES string of the molecule is NC1CCCCC1Nc1n[nH]c(=O)[nH]c1=O. The fourth-order valence-electron chi connectivity index (χ4n) is 1.96. The molecule has 1 aliphatic carbocycles. The van der Waals surface area contributed by atoms with Gasteiger partial charge in [-0.25, -0.2) is 9.89 Å². The number of aromatic nitrogens is 3. The fraction of sp³-hybridized carbons (Fsp3) is 0.667. The van der Waals surface area contributed by atoms with E-state index in [1.165, 1.54) is 0 Å². The summed E-state index contributed by atoms with van der Waals surface area (Å²) in [4.78, 5) is 24.3. The van der Waals surface area contributed by atoms with Crippen molar-refractivity contribution in [2.45, 2.75) is 37.8 Å². The first-order chi connectivity index (χ1) is 7.66. The van der Waals surface area contributed by atoms with Gasteiger partial charge in [0.05, 0.1) is 0 Å². The second kappa shape index (κ2) is 4.48. The molecule has 2 atom stereocenters. The minimum absolute atomic E-state index is 0.0295. The lowest BCUT2D eigenvalue weighted by Gasteiger charge is -2.29. The van der Waals surface area contributed by atoms with E-state index in [9.17, 15) is 9.59 Å². The van der Waals surface area contributed by atoms with Gasteiger partial charge in [0.2, 0.25) is 5.82 Å². The third-order valence-corrected chi connectivity index (χ3v) is 2.85. The van der Waals surface area contributed by atoms with Gasteiger partial charge in [-0.3, -0.25) is 9.78 Å². The van der Waals surface area contributed by atoms with Gasteiger partial charge in [-0.2, -0.15) is 0 Å². The van der Waals surface area contributed by atoms with Crippen molar-refractivity contribution in [3.8, 4) is 0 Å². The predicted molar refractivity (Wildman–Crippen MR) is 59.3 cm³/mol. The molecule has 2 rings (SSSR count). The second-order valence-electron chi connectivity index (χ2n) is 4.05. The summed E-state index contributed by atoms with van der Waals surface area (Å²) in [5.74, 6) is 0.127. The molecular weight excluding hydrogens is 210 g/mol. The second-order valence-corrected chi connectivity index (χ2v) is 4.05. The molecule has 1 saturated carbocycles. The van der Waals surface area contributed by atoms with Crippen LogP contribution in [-0.4, -0.2) is 27.3 Å². The standard InChI is InChI=1S/C9H15N5O2/c10-5-3-1-2-4-6(5)11-7-8(15)12-9(16)14-13-7/h5-6H,1-4,10H2,(H,11,13)(H2,12,14,15,16). The fourth-order valence-corrected chi connectivity index (χ4v) is 1.96. The molecule has 1 aromatic heterocycles. The van der Waals surface area contributed by atoms with Crippen molar-refractivity contribution in [3.05, 3.63) is 20.8 Å². The Bertz CT molecular complexity index is 465. The van der Waals surface area contributed by atoms with Crippen LogP contribution < -0.4 is 22.3 Å². The molecule has 0 saturated heterocycles. The van der Waals surface area contributed by atoms with Crippen molar-refractivity contribution in [1.82, 2.24) is 15.2 Å². The Balaban J connectivity index is 2.14. The highest BCUT2D eigenvalue weighted by Crippen LogP contribution is 2.18. The van der Waals surface area contributed by atoms with E-state index in [0.29, 0.717) is 0 Å². The average molecular weight is 225 g/mol. The van der Waals surface area contributed by atoms with Gasteiger partial charge in [-0.05, 0) is 12.8 Å². The first-order valence-electron chi connectivity index (χ1n) is 5.38. The van der Waals surface area contributed by atoms with Gasteiger partial charge in [0.25, 0.3) is 5.56 Å². The van der Waals surface area contributed by atoms with Gasteiger partial charge in [0, 0.05) is 12.1 Å². The molecule has 2 unspecified atom stereocenters. The van der Waals surface area contributed by atoms with Crippen molar-refractivity contribution in [2.75, 3.05) is 5.32 Å². The van der Waals surface area contributed by atoms with E-state index in [4.69, 9.17) is 5.73 Å². The van der Waals surface area contributed by atoms with E-state index in [-0.39, 0.29) is 17.9 Å². The number of hydrogen-bond acceptors (Lipinski definition) is 5. The molecule has 0 aromatic carbocycles. The molecule has 0 radical (unpaired) electrons. The van der Waals surface area contributed by atoms with Crippen molar-refractivity contribution in [3.63, 3.8) is 0 Å². The molecule has 0 bridgehead atoms. The number of aromatic amines is 2. The van der Waals surface area contributed by atoms with Gasteiger partial charge in [-0.15, -0.1) is 5.10 Å². The summed E-state index contributed by atoms with van der Waals surface area (Å²) in [6, 6.07) is 0.0788. The minimum atomic E-state index is -0.608. The Kier molecular flexibility index (Phi) is 3.04. The predicted octanol–water partition coefficient (Wildman–Crippen LogP) is -0.860. The summed E-state index contributed by atoms with van der Waals surface area (Å²) in [5, 5.41) is 8.82. The number of nitrogens with one attached hydrogen (secondary N) is 3. The zero-order chi connectivity index (χ0) is 11.5. The summed E-state index contributed by atoms with van der Waals surface area (Å²) >= 11 is 0. The lowest BCUT2D eigenvalue weighted by molar-refractivity contribution is 0.402. The van der Waals surface area contributed by atoms with E-state index in [1.54, 1.807) is 0 Å². The first kappa shape index (κ1) is 10.9. The third kappa shape index (κ3) is 2.30. The number of nitrogens with zero attached hydrogens (tertiary/aromatic N) is 1. The molecule has 88 valence electrons. The Morgan fingerprint density at radius 3 is 2.75 bits per heavy atom. The van der Waals surface area contributed by atoms with Crippen molar-refractivity contribution < 1.29 is 0 Å². The van der Waals surface area contributed by atoms with Gasteiger partial charge >= 0.3 is 5.69 Å². The third-order valence-electron chi connectivity index (χ3n) is 2.85. The van der Waals surface area contributed by atoms with Crippen LogP contribution in [-0.2, 0) is 0 Å². The quantitative estimate of drug-likeness (QED) is 0.522. The molecule has 5 N–H and O–H groups in total. The van der Waals surface area contributed by atoms with Crippen LogP contribution >= 0.6 is 0 Å². The van der Waals surface area contributed by atoms with E-state index in [0.717, 1.165) is 25.7 Å². The van der Waals surface area contributed by atoms with E-state index in [1.807, 2.05) is 0 Å². The molecule has 0 amide bonds. The van der Waals surface area contributed by atoms with Crippen LogP contribution in [0.3, 0.4) is 0 Å². The Morgan fingerprint density at radius 1 is 1.31 bits per heavy atom. The molecule has 0 aliphatic heterocycles. The molecule has 1 aliphatic rings. The van der Waals surface area contributed by atoms with Gasteiger partial charge in [-0.1, -0.05) is 12.8 Å². The molecule has 1 fully saturated rings. The topological polar surface area (TPSA) is 117 Å². The molecule has 16 heavy (non-hydrogen) atoms. The lowest BCUT2D eigenvalue weighted by atomic mass is 9.91.